The highest BCUT2D eigenvalue weighted by Gasteiger charge is 2.20. The molecule has 1 heterocycles. The van der Waals surface area contributed by atoms with Gasteiger partial charge in [0.25, 0.3) is 0 Å². The van der Waals surface area contributed by atoms with E-state index < -0.39 is 0 Å². The zero-order chi connectivity index (χ0) is 21.6. The predicted octanol–water partition coefficient (Wildman–Crippen LogP) is 6.09. The average Bonchev–Trinajstić information content (AvgIpc) is 3.29. The number of nitrogens with zero attached hydrogens (tertiary/aromatic N) is 1. The molecule has 0 fully saturated rings. The molecule has 0 bridgehead atoms. The van der Waals surface area contributed by atoms with Crippen molar-refractivity contribution in [1.29, 1.82) is 0 Å². The Morgan fingerprint density at radius 3 is 2.06 bits per heavy atom. The van der Waals surface area contributed by atoms with Gasteiger partial charge in [-0.3, -0.25) is 9.89 Å². The van der Waals surface area contributed by atoms with Crippen molar-refractivity contribution in [2.24, 2.45) is 0 Å². The van der Waals surface area contributed by atoms with E-state index >= 15 is 0 Å². The lowest BCUT2D eigenvalue weighted by Crippen LogP contribution is -2.01. The van der Waals surface area contributed by atoms with Gasteiger partial charge in [0.2, 0.25) is 0 Å². The van der Waals surface area contributed by atoms with E-state index in [4.69, 9.17) is 21.1 Å². The molecular weight excluding hydrogens is 412 g/mol. The van der Waals surface area contributed by atoms with Crippen LogP contribution in [0, 0.1) is 0 Å². The molecular formula is C25H21ClN2O3. The van der Waals surface area contributed by atoms with Crippen LogP contribution in [0.25, 0.3) is 11.3 Å². The van der Waals surface area contributed by atoms with Crippen LogP contribution in [-0.2, 0) is 13.2 Å². The smallest absolute Gasteiger partial charge is 0.163 e. The summed E-state index contributed by atoms with van der Waals surface area (Å²) in [7, 11) is 0. The number of rotatable bonds is 8. The van der Waals surface area contributed by atoms with E-state index in [1.54, 1.807) is 18.3 Å². The summed E-state index contributed by atoms with van der Waals surface area (Å²) in [5.41, 5.74) is 3.63. The first-order chi connectivity index (χ1) is 15.1. The van der Waals surface area contributed by atoms with Crippen molar-refractivity contribution in [2.75, 3.05) is 0 Å². The number of ether oxygens (including phenoxy) is 2. The van der Waals surface area contributed by atoms with Crippen molar-refractivity contribution in [3.05, 3.63) is 101 Å². The van der Waals surface area contributed by atoms with Crippen molar-refractivity contribution in [2.45, 2.75) is 20.1 Å². The van der Waals surface area contributed by atoms with Crippen LogP contribution in [-0.4, -0.2) is 16.0 Å². The van der Waals surface area contributed by atoms with E-state index in [2.05, 4.69) is 10.2 Å². The van der Waals surface area contributed by atoms with E-state index in [-0.39, 0.29) is 5.78 Å². The maximum Gasteiger partial charge on any atom is 0.163 e. The highest BCUT2D eigenvalue weighted by Crippen LogP contribution is 2.40. The number of hydrogen-bond acceptors (Lipinski definition) is 4. The minimum Gasteiger partial charge on any atom is -0.488 e. The Morgan fingerprint density at radius 1 is 0.903 bits per heavy atom. The van der Waals surface area contributed by atoms with Crippen molar-refractivity contribution >= 4 is 17.4 Å². The Morgan fingerprint density at radius 2 is 1.48 bits per heavy atom. The molecule has 0 unspecified atom stereocenters. The number of aromatic nitrogens is 2. The van der Waals surface area contributed by atoms with Gasteiger partial charge in [0.15, 0.2) is 5.78 Å². The fourth-order valence-electron chi connectivity index (χ4n) is 3.18. The van der Waals surface area contributed by atoms with E-state index in [0.717, 1.165) is 11.1 Å². The molecule has 31 heavy (non-hydrogen) atoms. The number of benzene rings is 3. The lowest BCUT2D eigenvalue weighted by Gasteiger charge is -2.15. The molecule has 156 valence electrons. The summed E-state index contributed by atoms with van der Waals surface area (Å²) >= 11 is 6.53. The van der Waals surface area contributed by atoms with Crippen LogP contribution in [0.3, 0.4) is 0 Å². The molecule has 0 atom stereocenters. The van der Waals surface area contributed by atoms with E-state index in [1.807, 2.05) is 60.7 Å². The van der Waals surface area contributed by atoms with Gasteiger partial charge >= 0.3 is 0 Å². The molecule has 4 aromatic rings. The fraction of sp³-hybridized carbons (Fsp3) is 0.120. The predicted molar refractivity (Wildman–Crippen MR) is 121 cm³/mol. The molecule has 0 amide bonds. The topological polar surface area (TPSA) is 64.2 Å². The third-order valence-electron chi connectivity index (χ3n) is 4.78. The van der Waals surface area contributed by atoms with Crippen molar-refractivity contribution < 1.29 is 14.3 Å². The summed E-state index contributed by atoms with van der Waals surface area (Å²) in [6.07, 6.45) is 1.58. The van der Waals surface area contributed by atoms with Gasteiger partial charge in [-0.2, -0.15) is 5.10 Å². The second-order valence-corrected chi connectivity index (χ2v) is 7.44. The normalized spacial score (nSPS) is 10.6. The van der Waals surface area contributed by atoms with E-state index in [9.17, 15) is 4.79 Å². The number of halogens is 1. The van der Waals surface area contributed by atoms with E-state index in [1.165, 1.54) is 6.92 Å². The quantitative estimate of drug-likeness (QED) is 0.342. The number of H-pyrrole nitrogens is 1. The van der Waals surface area contributed by atoms with E-state index in [0.29, 0.717) is 46.6 Å². The van der Waals surface area contributed by atoms with Crippen LogP contribution >= 0.6 is 11.6 Å². The summed E-state index contributed by atoms with van der Waals surface area (Å²) < 4.78 is 12.1. The van der Waals surface area contributed by atoms with Gasteiger partial charge in [-0.05, 0) is 24.1 Å². The SMILES string of the molecule is CC(=O)c1c[nH]nc1-c1cc(Cl)c(OCc2ccccc2)cc1OCc1ccccc1. The first kappa shape index (κ1) is 20.7. The first-order valence-electron chi connectivity index (χ1n) is 9.84. The van der Waals surface area contributed by atoms with Gasteiger partial charge in [0, 0.05) is 17.8 Å². The van der Waals surface area contributed by atoms with Crippen LogP contribution in [0.4, 0.5) is 0 Å². The Balaban J connectivity index is 1.68. The first-order valence-corrected chi connectivity index (χ1v) is 10.2. The number of carbonyl (C=O) groups excluding carboxylic acids is 1. The number of carbonyl (C=O) groups is 1. The highest BCUT2D eigenvalue weighted by atomic mass is 35.5. The van der Waals surface area contributed by atoms with Gasteiger partial charge in [-0.1, -0.05) is 72.3 Å². The molecule has 0 aliphatic heterocycles. The van der Waals surface area contributed by atoms with Gasteiger partial charge in [-0.15, -0.1) is 0 Å². The largest absolute Gasteiger partial charge is 0.488 e. The molecule has 0 aliphatic carbocycles. The Labute approximate surface area is 185 Å². The molecule has 3 aromatic carbocycles. The standard InChI is InChI=1S/C25H21ClN2O3/c1-17(29)21-14-27-28-25(21)20-12-22(26)24(31-16-19-10-6-3-7-11-19)13-23(20)30-15-18-8-4-2-5-9-18/h2-14H,15-16H2,1H3,(H,27,28). The van der Waals surface area contributed by atoms with Crippen LogP contribution in [0.5, 0.6) is 11.5 Å². The van der Waals surface area contributed by atoms with Crippen LogP contribution in [0.2, 0.25) is 5.02 Å². The lowest BCUT2D eigenvalue weighted by atomic mass is 10.0. The number of nitrogens with one attached hydrogen (secondary N) is 1. The van der Waals surface area contributed by atoms with Crippen LogP contribution in [0.15, 0.2) is 79.0 Å². The Kier molecular flexibility index (Phi) is 6.34. The zero-order valence-electron chi connectivity index (χ0n) is 17.0. The summed E-state index contributed by atoms with van der Waals surface area (Å²) in [5, 5.41) is 7.43. The number of Topliss-reactive ketones (excluding diaryl/α,β-unsaturated/α-hetero) is 1. The molecule has 1 aromatic heterocycles. The average molecular weight is 433 g/mol. The summed E-state index contributed by atoms with van der Waals surface area (Å²) in [4.78, 5) is 12.0. The third-order valence-corrected chi connectivity index (χ3v) is 5.08. The van der Waals surface area contributed by atoms with Crippen molar-refractivity contribution in [1.82, 2.24) is 10.2 Å². The maximum atomic E-state index is 12.0. The summed E-state index contributed by atoms with van der Waals surface area (Å²) in [6, 6.07) is 23.2. The zero-order valence-corrected chi connectivity index (χ0v) is 17.7. The fourth-order valence-corrected chi connectivity index (χ4v) is 3.40. The summed E-state index contributed by atoms with van der Waals surface area (Å²) in [5.74, 6) is 0.932. The second-order valence-electron chi connectivity index (χ2n) is 7.03. The lowest BCUT2D eigenvalue weighted by molar-refractivity contribution is 0.101. The molecule has 0 radical (unpaired) electrons. The van der Waals surface area contributed by atoms with Crippen LogP contribution < -0.4 is 9.47 Å². The Hall–Kier alpha value is -3.57. The molecule has 0 aliphatic rings. The van der Waals surface area contributed by atoms with Gasteiger partial charge < -0.3 is 9.47 Å². The minimum atomic E-state index is -0.0988. The molecule has 1 N–H and O–H groups in total. The summed E-state index contributed by atoms with van der Waals surface area (Å²) in [6.45, 7) is 2.23. The van der Waals surface area contributed by atoms with Crippen LogP contribution in [0.1, 0.15) is 28.4 Å². The molecule has 0 saturated carbocycles. The third kappa shape index (κ3) is 4.95. The van der Waals surface area contributed by atoms with Gasteiger partial charge in [-0.25, -0.2) is 0 Å². The molecule has 4 rings (SSSR count). The molecule has 0 spiro atoms. The molecule has 5 nitrogen and oxygen atoms in total. The van der Waals surface area contributed by atoms with Gasteiger partial charge in [0.1, 0.15) is 30.4 Å². The molecule has 0 saturated heterocycles. The van der Waals surface area contributed by atoms with Crippen molar-refractivity contribution in [3.63, 3.8) is 0 Å². The molecule has 6 heteroatoms. The van der Waals surface area contributed by atoms with Gasteiger partial charge in [0.05, 0.1) is 10.6 Å². The number of aromatic amines is 1. The Bertz CT molecular complexity index is 1170. The van der Waals surface area contributed by atoms with Crippen molar-refractivity contribution in [3.8, 4) is 22.8 Å². The second kappa shape index (κ2) is 9.49. The highest BCUT2D eigenvalue weighted by molar-refractivity contribution is 6.32. The number of hydrogen-bond donors (Lipinski definition) is 1. The minimum absolute atomic E-state index is 0.0988. The maximum absolute atomic E-state index is 12.0. The number of ketones is 1. The monoisotopic (exact) mass is 432 g/mol.